The zero-order valence-corrected chi connectivity index (χ0v) is 11.4. The monoisotopic (exact) mass is 245 g/mol. The van der Waals surface area contributed by atoms with Gasteiger partial charge in [0.25, 0.3) is 0 Å². The van der Waals surface area contributed by atoms with Crippen LogP contribution in [0.5, 0.6) is 0 Å². The molecule has 1 nitrogen and oxygen atoms in total. The van der Waals surface area contributed by atoms with Gasteiger partial charge in [-0.05, 0) is 47.9 Å². The zero-order chi connectivity index (χ0) is 13.6. The highest BCUT2D eigenvalue weighted by Gasteiger charge is 2.11. The second kappa shape index (κ2) is 4.10. The third-order valence-corrected chi connectivity index (χ3v) is 3.77. The second-order valence-corrected chi connectivity index (χ2v) is 5.18. The molecule has 0 aromatic heterocycles. The van der Waals surface area contributed by atoms with Crippen molar-refractivity contribution in [2.24, 2.45) is 0 Å². The minimum atomic E-state index is 0.789. The first kappa shape index (κ1) is 11.7. The van der Waals surface area contributed by atoms with Crippen molar-refractivity contribution < 1.29 is 0 Å². The Hall–Kier alpha value is -2.33. The largest absolute Gasteiger partial charge is 0.237 e. The van der Waals surface area contributed by atoms with E-state index in [0.29, 0.717) is 0 Å². The van der Waals surface area contributed by atoms with Crippen LogP contribution in [-0.4, -0.2) is 0 Å². The van der Waals surface area contributed by atoms with E-state index < -0.39 is 0 Å². The maximum atomic E-state index is 7.49. The van der Waals surface area contributed by atoms with Crippen LogP contribution in [0.3, 0.4) is 0 Å². The SMILES string of the molecule is [C-]#[N+]c1c(C)c2cc(C)ccc2c2ccc(C)cc12. The van der Waals surface area contributed by atoms with Crippen molar-refractivity contribution in [1.82, 2.24) is 0 Å². The molecule has 3 aromatic carbocycles. The Morgan fingerprint density at radius 1 is 0.737 bits per heavy atom. The van der Waals surface area contributed by atoms with Crippen molar-refractivity contribution in [1.29, 1.82) is 0 Å². The van der Waals surface area contributed by atoms with E-state index in [1.807, 2.05) is 0 Å². The van der Waals surface area contributed by atoms with Gasteiger partial charge in [0.1, 0.15) is 0 Å². The molecule has 0 aliphatic rings. The van der Waals surface area contributed by atoms with Gasteiger partial charge in [-0.2, -0.15) is 0 Å². The number of hydrogen-bond acceptors (Lipinski definition) is 0. The Bertz CT molecular complexity index is 851. The van der Waals surface area contributed by atoms with E-state index in [-0.39, 0.29) is 0 Å². The molecule has 0 aliphatic carbocycles. The van der Waals surface area contributed by atoms with Crippen molar-refractivity contribution >= 4 is 27.2 Å². The van der Waals surface area contributed by atoms with Gasteiger partial charge in [0.2, 0.25) is 0 Å². The molecular weight excluding hydrogens is 230 g/mol. The molecule has 3 aromatic rings. The molecule has 0 N–H and O–H groups in total. The Balaban J connectivity index is 2.65. The van der Waals surface area contributed by atoms with Gasteiger partial charge in [0.05, 0.1) is 6.57 Å². The van der Waals surface area contributed by atoms with Gasteiger partial charge in [-0.3, -0.25) is 0 Å². The second-order valence-electron chi connectivity index (χ2n) is 5.18. The lowest BCUT2D eigenvalue weighted by Gasteiger charge is -2.12. The Kier molecular flexibility index (Phi) is 2.54. The quantitative estimate of drug-likeness (QED) is 0.365. The summed E-state index contributed by atoms with van der Waals surface area (Å²) in [6.45, 7) is 13.7. The highest BCUT2D eigenvalue weighted by atomic mass is 14.7. The van der Waals surface area contributed by atoms with Gasteiger partial charge >= 0.3 is 0 Å². The molecule has 0 atom stereocenters. The first-order valence-electron chi connectivity index (χ1n) is 6.42. The molecule has 0 amide bonds. The number of nitrogens with zero attached hydrogens (tertiary/aromatic N) is 1. The third kappa shape index (κ3) is 1.69. The van der Waals surface area contributed by atoms with Gasteiger partial charge < -0.3 is 0 Å². The summed E-state index contributed by atoms with van der Waals surface area (Å²) in [6, 6.07) is 12.9. The van der Waals surface area contributed by atoms with Crippen molar-refractivity contribution in [3.8, 4) is 0 Å². The van der Waals surface area contributed by atoms with Crippen molar-refractivity contribution in [3.63, 3.8) is 0 Å². The zero-order valence-electron chi connectivity index (χ0n) is 11.4. The van der Waals surface area contributed by atoms with Crippen molar-refractivity contribution in [2.75, 3.05) is 0 Å². The van der Waals surface area contributed by atoms with E-state index in [1.54, 1.807) is 0 Å². The maximum absolute atomic E-state index is 7.49. The normalized spacial score (nSPS) is 10.8. The van der Waals surface area contributed by atoms with Crippen LogP contribution in [0, 0.1) is 27.3 Å². The highest BCUT2D eigenvalue weighted by molar-refractivity contribution is 6.15. The van der Waals surface area contributed by atoms with E-state index in [2.05, 4.69) is 62.0 Å². The molecule has 0 radical (unpaired) electrons. The lowest BCUT2D eigenvalue weighted by molar-refractivity contribution is 1.47. The molecular formula is C18H15N. The van der Waals surface area contributed by atoms with E-state index in [4.69, 9.17) is 6.57 Å². The Labute approximate surface area is 113 Å². The van der Waals surface area contributed by atoms with Gasteiger partial charge in [0, 0.05) is 0 Å². The number of hydrogen-bond donors (Lipinski definition) is 0. The summed E-state index contributed by atoms with van der Waals surface area (Å²) in [6.07, 6.45) is 0. The molecule has 0 saturated heterocycles. The highest BCUT2D eigenvalue weighted by Crippen LogP contribution is 2.38. The summed E-state index contributed by atoms with van der Waals surface area (Å²) < 4.78 is 0. The fourth-order valence-electron chi connectivity index (χ4n) is 2.77. The Morgan fingerprint density at radius 3 is 1.84 bits per heavy atom. The molecule has 0 bridgehead atoms. The molecule has 1 heteroatoms. The van der Waals surface area contributed by atoms with E-state index in [1.165, 1.54) is 27.3 Å². The average Bonchev–Trinajstić information content (AvgIpc) is 2.39. The molecule has 0 saturated carbocycles. The summed E-state index contributed by atoms with van der Waals surface area (Å²) >= 11 is 0. The predicted octanol–water partition coefficient (Wildman–Crippen LogP) is 5.47. The topological polar surface area (TPSA) is 4.36 Å². The van der Waals surface area contributed by atoms with E-state index >= 15 is 0 Å². The van der Waals surface area contributed by atoms with Crippen LogP contribution in [0.1, 0.15) is 16.7 Å². The molecule has 19 heavy (non-hydrogen) atoms. The van der Waals surface area contributed by atoms with Gasteiger partial charge in [-0.25, -0.2) is 4.85 Å². The van der Waals surface area contributed by atoms with Crippen molar-refractivity contribution in [3.05, 3.63) is 64.5 Å². The van der Waals surface area contributed by atoms with Crippen LogP contribution in [-0.2, 0) is 0 Å². The summed E-state index contributed by atoms with van der Waals surface area (Å²) in [7, 11) is 0. The first-order chi connectivity index (χ1) is 9.11. The predicted molar refractivity (Wildman–Crippen MR) is 81.9 cm³/mol. The van der Waals surface area contributed by atoms with Crippen LogP contribution in [0.2, 0.25) is 0 Å². The lowest BCUT2D eigenvalue weighted by Crippen LogP contribution is -1.86. The molecule has 0 heterocycles. The number of fused-ring (bicyclic) bond motifs is 3. The molecule has 0 fully saturated rings. The minimum absolute atomic E-state index is 0.789. The van der Waals surface area contributed by atoms with Crippen LogP contribution in [0.25, 0.3) is 26.4 Å². The molecule has 0 spiro atoms. The summed E-state index contributed by atoms with van der Waals surface area (Å²) in [5.74, 6) is 0. The van der Waals surface area contributed by atoms with Crippen molar-refractivity contribution in [2.45, 2.75) is 20.8 Å². The van der Waals surface area contributed by atoms with Gasteiger partial charge in [-0.1, -0.05) is 47.5 Å². The van der Waals surface area contributed by atoms with Crippen LogP contribution >= 0.6 is 0 Å². The van der Waals surface area contributed by atoms with Gasteiger partial charge in [-0.15, -0.1) is 0 Å². The fourth-order valence-corrected chi connectivity index (χ4v) is 2.77. The molecule has 92 valence electrons. The number of aryl methyl sites for hydroxylation is 3. The molecule has 0 unspecified atom stereocenters. The first-order valence-corrected chi connectivity index (χ1v) is 6.42. The van der Waals surface area contributed by atoms with Crippen LogP contribution < -0.4 is 0 Å². The third-order valence-electron chi connectivity index (χ3n) is 3.77. The number of benzene rings is 3. The van der Waals surface area contributed by atoms with Crippen LogP contribution in [0.4, 0.5) is 5.69 Å². The lowest BCUT2D eigenvalue weighted by atomic mass is 9.94. The molecule has 0 aliphatic heterocycles. The smallest absolute Gasteiger partial charge is 0.198 e. The summed E-state index contributed by atoms with van der Waals surface area (Å²) in [5.41, 5.74) is 4.31. The average molecular weight is 245 g/mol. The van der Waals surface area contributed by atoms with Gasteiger partial charge in [0.15, 0.2) is 5.69 Å². The Morgan fingerprint density at radius 2 is 1.26 bits per heavy atom. The van der Waals surface area contributed by atoms with E-state index in [0.717, 1.165) is 16.6 Å². The molecule has 3 rings (SSSR count). The summed E-state index contributed by atoms with van der Waals surface area (Å²) in [4.78, 5) is 3.77. The van der Waals surface area contributed by atoms with Crippen LogP contribution in [0.15, 0.2) is 36.4 Å². The standard InChI is InChI=1S/C18H15N/c1-11-5-7-14-15-8-6-12(2)10-17(15)18(19-4)13(3)16(14)9-11/h5-10H,1-3H3. The van der Waals surface area contributed by atoms with E-state index in [9.17, 15) is 0 Å². The number of rotatable bonds is 0. The minimum Gasteiger partial charge on any atom is -0.237 e. The maximum Gasteiger partial charge on any atom is 0.198 e. The summed E-state index contributed by atoms with van der Waals surface area (Å²) in [5, 5.41) is 4.69. The fraction of sp³-hybridized carbons (Fsp3) is 0.167.